The minimum Gasteiger partial charge on any atom is -0.391 e. The third-order valence-corrected chi connectivity index (χ3v) is 3.58. The highest BCUT2D eigenvalue weighted by molar-refractivity contribution is 6.01. The molecular formula is C18H26N2O3. The average molecular weight is 318 g/mol. The third kappa shape index (κ3) is 6.95. The van der Waals surface area contributed by atoms with E-state index in [0.29, 0.717) is 19.8 Å². The zero-order chi connectivity index (χ0) is 16.2. The van der Waals surface area contributed by atoms with Crippen LogP contribution in [0.4, 0.5) is 0 Å². The van der Waals surface area contributed by atoms with E-state index in [1.807, 2.05) is 49.4 Å². The average Bonchev–Trinajstić information content (AvgIpc) is 2.62. The van der Waals surface area contributed by atoms with Crippen LogP contribution in [0.3, 0.4) is 0 Å². The van der Waals surface area contributed by atoms with E-state index in [9.17, 15) is 0 Å². The van der Waals surface area contributed by atoms with Crippen molar-refractivity contribution in [2.24, 2.45) is 5.16 Å². The van der Waals surface area contributed by atoms with Gasteiger partial charge in [0.25, 0.3) is 0 Å². The first-order chi connectivity index (χ1) is 11.4. The summed E-state index contributed by atoms with van der Waals surface area (Å²) < 4.78 is 11.1. The fraction of sp³-hybridized carbons (Fsp3) is 0.500. The molecule has 5 nitrogen and oxygen atoms in total. The van der Waals surface area contributed by atoms with Gasteiger partial charge in [0.2, 0.25) is 0 Å². The van der Waals surface area contributed by atoms with E-state index in [4.69, 9.17) is 14.3 Å². The number of ether oxygens (including phenoxy) is 2. The summed E-state index contributed by atoms with van der Waals surface area (Å²) in [5.41, 5.74) is 1.84. The highest BCUT2D eigenvalue weighted by Gasteiger charge is 2.10. The van der Waals surface area contributed by atoms with Crippen LogP contribution in [0.5, 0.6) is 0 Å². The molecule has 0 unspecified atom stereocenters. The highest BCUT2D eigenvalue weighted by Crippen LogP contribution is 2.03. The Balaban J connectivity index is 1.79. The summed E-state index contributed by atoms with van der Waals surface area (Å²) >= 11 is 0. The van der Waals surface area contributed by atoms with Gasteiger partial charge in [-0.05, 0) is 13.0 Å². The molecule has 0 saturated carbocycles. The topological polar surface area (TPSA) is 43.3 Å². The molecule has 5 heteroatoms. The van der Waals surface area contributed by atoms with Gasteiger partial charge >= 0.3 is 0 Å². The van der Waals surface area contributed by atoms with Gasteiger partial charge in [-0.1, -0.05) is 41.6 Å². The molecule has 1 heterocycles. The van der Waals surface area contributed by atoms with Crippen molar-refractivity contribution in [3.63, 3.8) is 0 Å². The quantitative estimate of drug-likeness (QED) is 0.303. The molecule has 0 aliphatic carbocycles. The Morgan fingerprint density at radius 2 is 2.04 bits per heavy atom. The number of hydrogen-bond donors (Lipinski definition) is 0. The van der Waals surface area contributed by atoms with E-state index >= 15 is 0 Å². The van der Waals surface area contributed by atoms with Crippen molar-refractivity contribution in [3.05, 3.63) is 48.0 Å². The van der Waals surface area contributed by atoms with E-state index in [1.165, 1.54) is 0 Å². The molecule has 126 valence electrons. The SMILES string of the molecule is CC=CCON=C(COCCN1CCOCC1)c1ccccc1. The lowest BCUT2D eigenvalue weighted by Crippen LogP contribution is -2.38. The standard InChI is InChI=1S/C18H26N2O3/c1-2-3-12-23-19-18(17-7-5-4-6-8-17)16-22-15-11-20-9-13-21-14-10-20/h2-8H,9-16H2,1H3. The normalized spacial score (nSPS) is 16.8. The maximum atomic E-state index is 5.80. The first-order valence-electron chi connectivity index (χ1n) is 8.13. The van der Waals surface area contributed by atoms with Crippen LogP contribution in [0.2, 0.25) is 0 Å². The van der Waals surface area contributed by atoms with Gasteiger partial charge in [0.1, 0.15) is 12.3 Å². The smallest absolute Gasteiger partial charge is 0.135 e. The molecule has 2 rings (SSSR count). The number of benzene rings is 1. The van der Waals surface area contributed by atoms with E-state index in [1.54, 1.807) is 0 Å². The zero-order valence-corrected chi connectivity index (χ0v) is 13.8. The Labute approximate surface area is 138 Å². The van der Waals surface area contributed by atoms with Crippen molar-refractivity contribution in [2.75, 3.05) is 52.7 Å². The second-order valence-electron chi connectivity index (χ2n) is 5.28. The molecule has 1 aromatic carbocycles. The monoisotopic (exact) mass is 318 g/mol. The summed E-state index contributed by atoms with van der Waals surface area (Å²) in [7, 11) is 0. The zero-order valence-electron chi connectivity index (χ0n) is 13.8. The second-order valence-corrected chi connectivity index (χ2v) is 5.28. The molecule has 0 N–H and O–H groups in total. The predicted octanol–water partition coefficient (Wildman–Crippen LogP) is 2.33. The van der Waals surface area contributed by atoms with E-state index in [-0.39, 0.29) is 0 Å². The van der Waals surface area contributed by atoms with Crippen LogP contribution in [0.25, 0.3) is 0 Å². The molecule has 0 spiro atoms. The van der Waals surface area contributed by atoms with Crippen LogP contribution < -0.4 is 0 Å². The summed E-state index contributed by atoms with van der Waals surface area (Å²) in [6.45, 7) is 8.08. The molecule has 0 aromatic heterocycles. The molecule has 23 heavy (non-hydrogen) atoms. The Kier molecular flexibility index (Phi) is 8.40. The summed E-state index contributed by atoms with van der Waals surface area (Å²) in [6.07, 6.45) is 3.86. The van der Waals surface area contributed by atoms with E-state index in [2.05, 4.69) is 10.1 Å². The second kappa shape index (κ2) is 10.9. The van der Waals surface area contributed by atoms with Crippen molar-refractivity contribution in [1.82, 2.24) is 4.90 Å². The summed E-state index contributed by atoms with van der Waals surface area (Å²) in [5.74, 6) is 0. The summed E-state index contributed by atoms with van der Waals surface area (Å²) in [5, 5.41) is 4.22. The molecule has 1 aliphatic rings. The van der Waals surface area contributed by atoms with Crippen LogP contribution in [0, 0.1) is 0 Å². The van der Waals surface area contributed by atoms with Crippen LogP contribution in [-0.4, -0.2) is 63.3 Å². The predicted molar refractivity (Wildman–Crippen MR) is 91.8 cm³/mol. The van der Waals surface area contributed by atoms with Gasteiger partial charge in [-0.15, -0.1) is 0 Å². The number of oxime groups is 1. The van der Waals surface area contributed by atoms with Gasteiger partial charge in [0, 0.05) is 25.2 Å². The van der Waals surface area contributed by atoms with Gasteiger partial charge in [0.05, 0.1) is 26.4 Å². The molecule has 1 aromatic rings. The minimum absolute atomic E-state index is 0.449. The maximum Gasteiger partial charge on any atom is 0.135 e. The van der Waals surface area contributed by atoms with Gasteiger partial charge in [-0.2, -0.15) is 0 Å². The number of allylic oxidation sites excluding steroid dienone is 1. The summed E-state index contributed by atoms with van der Waals surface area (Å²) in [6, 6.07) is 10.0. The first kappa shape index (κ1) is 17.7. The van der Waals surface area contributed by atoms with E-state index < -0.39 is 0 Å². The van der Waals surface area contributed by atoms with Crippen molar-refractivity contribution >= 4 is 5.71 Å². The lowest BCUT2D eigenvalue weighted by Gasteiger charge is -2.26. The van der Waals surface area contributed by atoms with Crippen molar-refractivity contribution in [2.45, 2.75) is 6.92 Å². The Morgan fingerprint density at radius 1 is 1.26 bits per heavy atom. The van der Waals surface area contributed by atoms with Crippen LogP contribution in [-0.2, 0) is 14.3 Å². The lowest BCUT2D eigenvalue weighted by molar-refractivity contribution is 0.0240. The third-order valence-electron chi connectivity index (χ3n) is 3.58. The number of hydrogen-bond acceptors (Lipinski definition) is 5. The van der Waals surface area contributed by atoms with E-state index in [0.717, 1.165) is 44.1 Å². The van der Waals surface area contributed by atoms with Crippen molar-refractivity contribution in [3.8, 4) is 0 Å². The van der Waals surface area contributed by atoms with Gasteiger partial charge in [0.15, 0.2) is 0 Å². The fourth-order valence-electron chi connectivity index (χ4n) is 2.23. The van der Waals surface area contributed by atoms with Crippen LogP contribution >= 0.6 is 0 Å². The molecule has 1 saturated heterocycles. The Hall–Kier alpha value is -1.69. The Morgan fingerprint density at radius 3 is 2.78 bits per heavy atom. The fourth-order valence-corrected chi connectivity index (χ4v) is 2.23. The van der Waals surface area contributed by atoms with Crippen molar-refractivity contribution in [1.29, 1.82) is 0 Å². The van der Waals surface area contributed by atoms with Gasteiger partial charge in [-0.3, -0.25) is 4.90 Å². The highest BCUT2D eigenvalue weighted by atomic mass is 16.6. The van der Waals surface area contributed by atoms with Gasteiger partial charge in [-0.25, -0.2) is 0 Å². The number of morpholine rings is 1. The van der Waals surface area contributed by atoms with Crippen molar-refractivity contribution < 1.29 is 14.3 Å². The molecule has 0 atom stereocenters. The molecule has 1 fully saturated rings. The number of nitrogens with zero attached hydrogens (tertiary/aromatic N) is 2. The Bertz CT molecular complexity index is 482. The number of rotatable bonds is 9. The minimum atomic E-state index is 0.449. The first-order valence-corrected chi connectivity index (χ1v) is 8.13. The molecular weight excluding hydrogens is 292 g/mol. The van der Waals surface area contributed by atoms with Crippen LogP contribution in [0.15, 0.2) is 47.6 Å². The summed E-state index contributed by atoms with van der Waals surface area (Å²) in [4.78, 5) is 7.68. The van der Waals surface area contributed by atoms with Crippen LogP contribution in [0.1, 0.15) is 12.5 Å². The van der Waals surface area contributed by atoms with Gasteiger partial charge < -0.3 is 14.3 Å². The lowest BCUT2D eigenvalue weighted by atomic mass is 10.1. The molecule has 0 amide bonds. The maximum absolute atomic E-state index is 5.80. The molecule has 0 radical (unpaired) electrons. The molecule has 0 bridgehead atoms. The largest absolute Gasteiger partial charge is 0.391 e. The molecule has 1 aliphatic heterocycles.